The summed E-state index contributed by atoms with van der Waals surface area (Å²) in [7, 11) is 0. The molecule has 1 aromatic carbocycles. The first-order valence-electron chi connectivity index (χ1n) is 6.52. The van der Waals surface area contributed by atoms with Gasteiger partial charge in [-0.2, -0.15) is 0 Å². The predicted octanol–water partition coefficient (Wildman–Crippen LogP) is 2.85. The Labute approximate surface area is 113 Å². The summed E-state index contributed by atoms with van der Waals surface area (Å²) < 4.78 is 0. The number of carbonyl (C=O) groups is 1. The number of aliphatic carboxylic acids is 1. The lowest BCUT2D eigenvalue weighted by atomic mass is 10.1. The topological polar surface area (TPSA) is 40.5 Å². The van der Waals surface area contributed by atoms with Gasteiger partial charge in [0.1, 0.15) is 0 Å². The molecule has 0 aromatic heterocycles. The maximum atomic E-state index is 11.2. The molecule has 0 unspecified atom stereocenters. The minimum Gasteiger partial charge on any atom is -0.478 e. The molecule has 1 aliphatic heterocycles. The maximum Gasteiger partial charge on any atom is 0.332 e. The standard InChI is InChI=1S/C16H19NO2/c1-13-6-5-9-17(12-15(10-13)16(18)19)11-14-7-3-2-4-8-14/h2-4,6-8,10H,5,9,11-12H2,1H3,(H,18,19)/b13-6-,15-10+. The molecule has 0 aliphatic carbocycles. The quantitative estimate of drug-likeness (QED) is 0.905. The fourth-order valence-electron chi connectivity index (χ4n) is 2.28. The molecule has 0 bridgehead atoms. The van der Waals surface area contributed by atoms with Gasteiger partial charge in [0.05, 0.1) is 5.57 Å². The third-order valence-corrected chi connectivity index (χ3v) is 3.23. The van der Waals surface area contributed by atoms with Crippen LogP contribution < -0.4 is 0 Å². The first kappa shape index (κ1) is 13.6. The van der Waals surface area contributed by atoms with Gasteiger partial charge in [-0.15, -0.1) is 0 Å². The van der Waals surface area contributed by atoms with E-state index in [0.29, 0.717) is 12.1 Å². The van der Waals surface area contributed by atoms with E-state index in [9.17, 15) is 9.90 Å². The molecule has 0 spiro atoms. The number of rotatable bonds is 3. The molecule has 1 aliphatic rings. The SMILES string of the molecule is CC1=C/CCN(Cc2ccccc2)C/C(C(=O)O)=C\1. The van der Waals surface area contributed by atoms with Crippen LogP contribution >= 0.6 is 0 Å². The van der Waals surface area contributed by atoms with Gasteiger partial charge in [-0.3, -0.25) is 4.90 Å². The Kier molecular flexibility index (Phi) is 4.53. The molecule has 0 radical (unpaired) electrons. The van der Waals surface area contributed by atoms with E-state index in [-0.39, 0.29) is 0 Å². The molecule has 1 N–H and O–H groups in total. The van der Waals surface area contributed by atoms with Gasteiger partial charge >= 0.3 is 5.97 Å². The van der Waals surface area contributed by atoms with Crippen molar-refractivity contribution >= 4 is 5.97 Å². The summed E-state index contributed by atoms with van der Waals surface area (Å²) in [4.78, 5) is 13.4. The van der Waals surface area contributed by atoms with Gasteiger partial charge in [-0.1, -0.05) is 42.0 Å². The van der Waals surface area contributed by atoms with E-state index in [1.54, 1.807) is 6.08 Å². The molecular formula is C16H19NO2. The summed E-state index contributed by atoms with van der Waals surface area (Å²) in [6.07, 6.45) is 4.83. The van der Waals surface area contributed by atoms with Crippen molar-refractivity contribution in [2.24, 2.45) is 0 Å². The molecule has 3 heteroatoms. The largest absolute Gasteiger partial charge is 0.478 e. The van der Waals surface area contributed by atoms with E-state index in [1.165, 1.54) is 5.56 Å². The van der Waals surface area contributed by atoms with E-state index < -0.39 is 5.97 Å². The number of carboxylic acid groups (broad SMARTS) is 1. The van der Waals surface area contributed by atoms with Crippen LogP contribution in [-0.4, -0.2) is 29.1 Å². The van der Waals surface area contributed by atoms with Gasteiger partial charge in [0, 0.05) is 19.6 Å². The van der Waals surface area contributed by atoms with E-state index in [2.05, 4.69) is 23.1 Å². The smallest absolute Gasteiger partial charge is 0.332 e. The minimum absolute atomic E-state index is 0.462. The Morgan fingerprint density at radius 2 is 2.05 bits per heavy atom. The number of allylic oxidation sites excluding steroid dienone is 2. The van der Waals surface area contributed by atoms with Crippen molar-refractivity contribution in [3.63, 3.8) is 0 Å². The summed E-state index contributed by atoms with van der Waals surface area (Å²) in [6, 6.07) is 10.2. The molecule has 0 saturated heterocycles. The van der Waals surface area contributed by atoms with Gasteiger partial charge in [0.25, 0.3) is 0 Å². The summed E-state index contributed by atoms with van der Waals surface area (Å²) in [5.41, 5.74) is 2.72. The normalized spacial score (nSPS) is 22.6. The van der Waals surface area contributed by atoms with Gasteiger partial charge in [0.2, 0.25) is 0 Å². The Balaban J connectivity index is 2.11. The van der Waals surface area contributed by atoms with Gasteiger partial charge in [0.15, 0.2) is 0 Å². The minimum atomic E-state index is -0.826. The first-order chi connectivity index (χ1) is 9.15. The van der Waals surface area contributed by atoms with Crippen LogP contribution in [0.5, 0.6) is 0 Å². The third-order valence-electron chi connectivity index (χ3n) is 3.23. The summed E-state index contributed by atoms with van der Waals surface area (Å²) in [6.45, 7) is 4.13. The third kappa shape index (κ3) is 4.07. The molecule has 3 nitrogen and oxygen atoms in total. The van der Waals surface area contributed by atoms with E-state index in [0.717, 1.165) is 25.1 Å². The second-order valence-corrected chi connectivity index (χ2v) is 4.91. The highest BCUT2D eigenvalue weighted by molar-refractivity contribution is 5.87. The second kappa shape index (κ2) is 6.34. The molecule has 2 rings (SSSR count). The van der Waals surface area contributed by atoms with Crippen molar-refractivity contribution in [1.82, 2.24) is 4.90 Å². The molecule has 0 atom stereocenters. The van der Waals surface area contributed by atoms with Crippen LogP contribution in [0, 0.1) is 0 Å². The average molecular weight is 257 g/mol. The number of hydrogen-bond donors (Lipinski definition) is 1. The van der Waals surface area contributed by atoms with Crippen molar-refractivity contribution in [1.29, 1.82) is 0 Å². The molecule has 0 amide bonds. The van der Waals surface area contributed by atoms with Gasteiger partial charge in [-0.25, -0.2) is 4.79 Å². The van der Waals surface area contributed by atoms with Crippen LogP contribution in [0.4, 0.5) is 0 Å². The van der Waals surface area contributed by atoms with Crippen molar-refractivity contribution < 1.29 is 9.90 Å². The highest BCUT2D eigenvalue weighted by Crippen LogP contribution is 2.13. The van der Waals surface area contributed by atoms with Crippen LogP contribution in [0.1, 0.15) is 18.9 Å². The highest BCUT2D eigenvalue weighted by Gasteiger charge is 2.15. The van der Waals surface area contributed by atoms with Crippen molar-refractivity contribution in [3.8, 4) is 0 Å². The molecule has 0 saturated carbocycles. The lowest BCUT2D eigenvalue weighted by molar-refractivity contribution is -0.133. The average Bonchev–Trinajstić information content (AvgIpc) is 2.36. The highest BCUT2D eigenvalue weighted by atomic mass is 16.4. The van der Waals surface area contributed by atoms with Crippen molar-refractivity contribution in [2.45, 2.75) is 19.9 Å². The predicted molar refractivity (Wildman–Crippen MR) is 75.8 cm³/mol. The van der Waals surface area contributed by atoms with Gasteiger partial charge in [-0.05, 0) is 25.0 Å². The molecule has 100 valence electrons. The lowest BCUT2D eigenvalue weighted by Gasteiger charge is -2.23. The zero-order chi connectivity index (χ0) is 13.7. The number of nitrogens with zero attached hydrogens (tertiary/aromatic N) is 1. The van der Waals surface area contributed by atoms with Crippen LogP contribution in [0.2, 0.25) is 0 Å². The molecular weight excluding hydrogens is 238 g/mol. The fourth-order valence-corrected chi connectivity index (χ4v) is 2.28. The summed E-state index contributed by atoms with van der Waals surface area (Å²) in [5, 5.41) is 9.23. The van der Waals surface area contributed by atoms with E-state index in [1.807, 2.05) is 25.1 Å². The monoisotopic (exact) mass is 257 g/mol. The zero-order valence-corrected chi connectivity index (χ0v) is 11.2. The molecule has 1 heterocycles. The van der Waals surface area contributed by atoms with E-state index in [4.69, 9.17) is 0 Å². The molecule has 0 fully saturated rings. The fraction of sp³-hybridized carbons (Fsp3) is 0.312. The lowest BCUT2D eigenvalue weighted by Crippen LogP contribution is -2.29. The maximum absolute atomic E-state index is 11.2. The van der Waals surface area contributed by atoms with Crippen molar-refractivity contribution in [2.75, 3.05) is 13.1 Å². The van der Waals surface area contributed by atoms with Crippen LogP contribution in [0.25, 0.3) is 0 Å². The first-order valence-corrected chi connectivity index (χ1v) is 6.52. The zero-order valence-electron chi connectivity index (χ0n) is 11.2. The van der Waals surface area contributed by atoms with Crippen LogP contribution in [0.15, 0.2) is 53.6 Å². The Bertz CT molecular complexity index is 503. The molecule has 19 heavy (non-hydrogen) atoms. The number of hydrogen-bond acceptors (Lipinski definition) is 2. The number of benzene rings is 1. The summed E-state index contributed by atoms with van der Waals surface area (Å²) in [5.74, 6) is -0.826. The Morgan fingerprint density at radius 3 is 2.74 bits per heavy atom. The second-order valence-electron chi connectivity index (χ2n) is 4.91. The Morgan fingerprint density at radius 1 is 1.32 bits per heavy atom. The van der Waals surface area contributed by atoms with Crippen LogP contribution in [0.3, 0.4) is 0 Å². The Hall–Kier alpha value is -1.87. The van der Waals surface area contributed by atoms with Crippen LogP contribution in [-0.2, 0) is 11.3 Å². The summed E-state index contributed by atoms with van der Waals surface area (Å²) >= 11 is 0. The van der Waals surface area contributed by atoms with Crippen molar-refractivity contribution in [3.05, 3.63) is 59.2 Å². The van der Waals surface area contributed by atoms with Gasteiger partial charge < -0.3 is 5.11 Å². The number of carboxylic acids is 1. The molecule has 1 aromatic rings. The van der Waals surface area contributed by atoms with E-state index >= 15 is 0 Å².